The number of hydrogen-bond acceptors (Lipinski definition) is 2. The lowest BCUT2D eigenvalue weighted by Gasteiger charge is -2.08. The van der Waals surface area contributed by atoms with Crippen LogP contribution < -0.4 is 4.74 Å². The summed E-state index contributed by atoms with van der Waals surface area (Å²) in [6.45, 7) is 2.50. The van der Waals surface area contributed by atoms with Gasteiger partial charge in [0.05, 0.1) is 5.02 Å². The zero-order valence-corrected chi connectivity index (χ0v) is 9.74. The Labute approximate surface area is 99.9 Å². The molecule has 2 nitrogen and oxygen atoms in total. The third-order valence-electron chi connectivity index (χ3n) is 2.23. The monoisotopic (exact) mass is 233 g/mol. The van der Waals surface area contributed by atoms with Gasteiger partial charge in [0, 0.05) is 12.4 Å². The average molecular weight is 234 g/mol. The van der Waals surface area contributed by atoms with Gasteiger partial charge >= 0.3 is 0 Å². The lowest BCUT2D eigenvalue weighted by molar-refractivity contribution is 0.306. The van der Waals surface area contributed by atoms with E-state index in [1.807, 2.05) is 37.3 Å². The van der Waals surface area contributed by atoms with Gasteiger partial charge in [-0.3, -0.25) is 4.98 Å². The molecule has 0 aliphatic rings. The zero-order valence-electron chi connectivity index (χ0n) is 8.98. The maximum atomic E-state index is 6.06. The molecule has 0 aliphatic carbocycles. The number of hydrogen-bond donors (Lipinski definition) is 0. The normalized spacial score (nSPS) is 10.1. The van der Waals surface area contributed by atoms with E-state index in [4.69, 9.17) is 16.3 Å². The highest BCUT2D eigenvalue weighted by Gasteiger charge is 2.01. The summed E-state index contributed by atoms with van der Waals surface area (Å²) < 4.78 is 5.62. The molecule has 0 aliphatic heterocycles. The summed E-state index contributed by atoms with van der Waals surface area (Å²) in [6.07, 6.45) is 3.49. The number of halogens is 1. The minimum atomic E-state index is 0.505. The molecule has 2 aromatic rings. The van der Waals surface area contributed by atoms with Crippen LogP contribution in [0.5, 0.6) is 5.75 Å². The molecule has 16 heavy (non-hydrogen) atoms. The van der Waals surface area contributed by atoms with Gasteiger partial charge in [0.1, 0.15) is 12.4 Å². The van der Waals surface area contributed by atoms with Crippen LogP contribution in [0.1, 0.15) is 11.1 Å². The second kappa shape index (κ2) is 4.99. The summed E-state index contributed by atoms with van der Waals surface area (Å²) in [4.78, 5) is 3.95. The van der Waals surface area contributed by atoms with Crippen molar-refractivity contribution in [1.29, 1.82) is 0 Å². The molecule has 1 aromatic heterocycles. The third-order valence-corrected chi connectivity index (χ3v) is 2.53. The molecule has 0 amide bonds. The van der Waals surface area contributed by atoms with Gasteiger partial charge in [0.25, 0.3) is 0 Å². The maximum absolute atomic E-state index is 6.06. The van der Waals surface area contributed by atoms with Gasteiger partial charge in [0.15, 0.2) is 0 Å². The van der Waals surface area contributed by atoms with Gasteiger partial charge in [-0.25, -0.2) is 0 Å². The van der Waals surface area contributed by atoms with E-state index in [2.05, 4.69) is 4.98 Å². The van der Waals surface area contributed by atoms with Crippen molar-refractivity contribution in [3.8, 4) is 5.75 Å². The smallest absolute Gasteiger partial charge is 0.138 e. The van der Waals surface area contributed by atoms with E-state index >= 15 is 0 Å². The molecule has 82 valence electrons. The van der Waals surface area contributed by atoms with Gasteiger partial charge in [-0.2, -0.15) is 0 Å². The first kappa shape index (κ1) is 11.0. The minimum absolute atomic E-state index is 0.505. The van der Waals surface area contributed by atoms with Crippen LogP contribution in [-0.4, -0.2) is 4.98 Å². The topological polar surface area (TPSA) is 22.1 Å². The first-order chi connectivity index (χ1) is 7.75. The van der Waals surface area contributed by atoms with Crippen LogP contribution in [0.3, 0.4) is 0 Å². The molecule has 0 radical (unpaired) electrons. The van der Waals surface area contributed by atoms with Crippen molar-refractivity contribution >= 4 is 11.6 Å². The van der Waals surface area contributed by atoms with Crippen molar-refractivity contribution in [2.45, 2.75) is 13.5 Å². The van der Waals surface area contributed by atoms with E-state index in [9.17, 15) is 0 Å². The first-order valence-electron chi connectivity index (χ1n) is 5.03. The molecule has 2 rings (SSSR count). The Kier molecular flexibility index (Phi) is 3.42. The Balaban J connectivity index is 2.05. The first-order valence-corrected chi connectivity index (χ1v) is 5.41. The molecule has 0 spiro atoms. The largest absolute Gasteiger partial charge is 0.487 e. The van der Waals surface area contributed by atoms with Crippen molar-refractivity contribution in [2.75, 3.05) is 0 Å². The zero-order chi connectivity index (χ0) is 11.4. The highest BCUT2D eigenvalue weighted by Crippen LogP contribution is 2.25. The van der Waals surface area contributed by atoms with E-state index in [1.54, 1.807) is 12.4 Å². The molecule has 1 heterocycles. The van der Waals surface area contributed by atoms with Crippen LogP contribution in [0.25, 0.3) is 0 Å². The van der Waals surface area contributed by atoms with Crippen LogP contribution in [-0.2, 0) is 6.61 Å². The molecule has 0 unspecified atom stereocenters. The molecular formula is C13H12ClNO. The fourth-order valence-electron chi connectivity index (χ4n) is 1.36. The van der Waals surface area contributed by atoms with Crippen LogP contribution in [0, 0.1) is 6.92 Å². The third kappa shape index (κ3) is 2.74. The fraction of sp³-hybridized carbons (Fsp3) is 0.154. The molecule has 0 bridgehead atoms. The predicted octanol–water partition coefficient (Wildman–Crippen LogP) is 3.62. The summed E-state index contributed by atoms with van der Waals surface area (Å²) in [5, 5.41) is 0.647. The van der Waals surface area contributed by atoms with Gasteiger partial charge in [-0.15, -0.1) is 0 Å². The highest BCUT2D eigenvalue weighted by atomic mass is 35.5. The van der Waals surface area contributed by atoms with E-state index < -0.39 is 0 Å². The molecule has 0 atom stereocenters. The molecule has 0 N–H and O–H groups in total. The van der Waals surface area contributed by atoms with Crippen molar-refractivity contribution in [3.05, 3.63) is 58.9 Å². The second-order valence-corrected chi connectivity index (χ2v) is 3.99. The Hall–Kier alpha value is -1.54. The standard InChI is InChI=1S/C13H12ClNO/c1-10-2-3-13(12(14)8-10)16-9-11-4-6-15-7-5-11/h2-8H,9H2,1H3. The van der Waals surface area contributed by atoms with Crippen molar-refractivity contribution in [1.82, 2.24) is 4.98 Å². The molecule has 1 aromatic carbocycles. The molecule has 0 saturated heterocycles. The lowest BCUT2D eigenvalue weighted by atomic mass is 10.2. The van der Waals surface area contributed by atoms with Crippen molar-refractivity contribution < 1.29 is 4.74 Å². The van der Waals surface area contributed by atoms with Crippen molar-refractivity contribution in [3.63, 3.8) is 0 Å². The van der Waals surface area contributed by atoms with E-state index in [1.165, 1.54) is 0 Å². The maximum Gasteiger partial charge on any atom is 0.138 e. The van der Waals surface area contributed by atoms with Gasteiger partial charge in [-0.1, -0.05) is 17.7 Å². The van der Waals surface area contributed by atoms with Gasteiger partial charge in [-0.05, 0) is 42.3 Å². The number of ether oxygens (including phenoxy) is 1. The van der Waals surface area contributed by atoms with Crippen LogP contribution in [0.4, 0.5) is 0 Å². The minimum Gasteiger partial charge on any atom is -0.487 e. The Morgan fingerprint density at radius 1 is 1.19 bits per heavy atom. The lowest BCUT2D eigenvalue weighted by Crippen LogP contribution is -1.96. The number of rotatable bonds is 3. The fourth-order valence-corrected chi connectivity index (χ4v) is 1.65. The number of benzene rings is 1. The van der Waals surface area contributed by atoms with Gasteiger partial charge in [0.2, 0.25) is 0 Å². The van der Waals surface area contributed by atoms with Gasteiger partial charge < -0.3 is 4.74 Å². The summed E-state index contributed by atoms with van der Waals surface area (Å²) in [5.74, 6) is 0.712. The number of pyridine rings is 1. The molecule has 3 heteroatoms. The SMILES string of the molecule is Cc1ccc(OCc2ccncc2)c(Cl)c1. The average Bonchev–Trinajstić information content (AvgIpc) is 2.29. The number of nitrogens with zero attached hydrogens (tertiary/aromatic N) is 1. The van der Waals surface area contributed by atoms with Crippen LogP contribution >= 0.6 is 11.6 Å². The molecule has 0 saturated carbocycles. The van der Waals surface area contributed by atoms with Crippen LogP contribution in [0.2, 0.25) is 5.02 Å². The Bertz CT molecular complexity index is 471. The summed E-state index contributed by atoms with van der Waals surface area (Å²) in [7, 11) is 0. The quantitative estimate of drug-likeness (QED) is 0.808. The van der Waals surface area contributed by atoms with E-state index in [-0.39, 0.29) is 0 Å². The molecular weight excluding hydrogens is 222 g/mol. The van der Waals surface area contributed by atoms with E-state index in [0.717, 1.165) is 11.1 Å². The predicted molar refractivity (Wildman–Crippen MR) is 64.8 cm³/mol. The summed E-state index contributed by atoms with van der Waals surface area (Å²) in [5.41, 5.74) is 2.20. The highest BCUT2D eigenvalue weighted by molar-refractivity contribution is 6.32. The number of aryl methyl sites for hydroxylation is 1. The Morgan fingerprint density at radius 3 is 2.62 bits per heavy atom. The summed E-state index contributed by atoms with van der Waals surface area (Å²) >= 11 is 6.06. The van der Waals surface area contributed by atoms with E-state index in [0.29, 0.717) is 17.4 Å². The summed E-state index contributed by atoms with van der Waals surface area (Å²) in [6, 6.07) is 9.60. The molecule has 0 fully saturated rings. The second-order valence-electron chi connectivity index (χ2n) is 3.58. The number of aromatic nitrogens is 1. The van der Waals surface area contributed by atoms with Crippen LogP contribution in [0.15, 0.2) is 42.7 Å². The van der Waals surface area contributed by atoms with Crippen molar-refractivity contribution in [2.24, 2.45) is 0 Å². The Morgan fingerprint density at radius 2 is 1.94 bits per heavy atom.